The van der Waals surface area contributed by atoms with E-state index < -0.39 is 6.10 Å². The third-order valence-electron chi connectivity index (χ3n) is 5.73. The Kier molecular flexibility index (Phi) is 9.95. The summed E-state index contributed by atoms with van der Waals surface area (Å²) < 4.78 is 8.49. The number of rotatable bonds is 11. The SMILES string of the molecule is CCc1ccc(O[C@@H](C)C(=O)NCc2nnc(SCC(=O)Nc3cc(C)c(C)cc3Br)n2CC)cc1. The molecule has 10 heteroatoms. The lowest BCUT2D eigenvalue weighted by molar-refractivity contribution is -0.127. The molecule has 0 fully saturated rings. The van der Waals surface area contributed by atoms with Crippen LogP contribution in [-0.4, -0.2) is 38.4 Å². The molecular formula is C26H32BrN5O3S. The van der Waals surface area contributed by atoms with Gasteiger partial charge < -0.3 is 19.9 Å². The van der Waals surface area contributed by atoms with Gasteiger partial charge in [-0.1, -0.05) is 30.8 Å². The van der Waals surface area contributed by atoms with Gasteiger partial charge in [0.05, 0.1) is 18.0 Å². The minimum absolute atomic E-state index is 0.137. The van der Waals surface area contributed by atoms with Crippen LogP contribution in [0.15, 0.2) is 46.0 Å². The van der Waals surface area contributed by atoms with Crippen LogP contribution in [0.4, 0.5) is 5.69 Å². The number of aryl methyl sites for hydroxylation is 3. The molecule has 2 N–H and O–H groups in total. The van der Waals surface area contributed by atoms with Crippen molar-refractivity contribution in [1.29, 1.82) is 0 Å². The van der Waals surface area contributed by atoms with E-state index in [9.17, 15) is 9.59 Å². The number of thioether (sulfide) groups is 1. The lowest BCUT2D eigenvalue weighted by Gasteiger charge is -2.15. The van der Waals surface area contributed by atoms with E-state index >= 15 is 0 Å². The highest BCUT2D eigenvalue weighted by Crippen LogP contribution is 2.26. The summed E-state index contributed by atoms with van der Waals surface area (Å²) in [5.41, 5.74) is 4.20. The Labute approximate surface area is 224 Å². The number of aromatic nitrogens is 3. The molecular weight excluding hydrogens is 542 g/mol. The number of anilines is 1. The smallest absolute Gasteiger partial charge is 0.261 e. The van der Waals surface area contributed by atoms with Crippen molar-refractivity contribution in [2.75, 3.05) is 11.1 Å². The molecule has 0 aliphatic heterocycles. The van der Waals surface area contributed by atoms with Crippen molar-refractivity contribution < 1.29 is 14.3 Å². The van der Waals surface area contributed by atoms with Crippen molar-refractivity contribution in [3.05, 3.63) is 63.4 Å². The average Bonchev–Trinajstić information content (AvgIpc) is 3.26. The van der Waals surface area contributed by atoms with E-state index in [0.717, 1.165) is 27.7 Å². The zero-order chi connectivity index (χ0) is 26.2. The molecule has 1 aromatic heterocycles. The summed E-state index contributed by atoms with van der Waals surface area (Å²) in [6, 6.07) is 11.7. The van der Waals surface area contributed by atoms with Gasteiger partial charge in [-0.3, -0.25) is 9.59 Å². The highest BCUT2D eigenvalue weighted by Gasteiger charge is 2.18. The minimum Gasteiger partial charge on any atom is -0.481 e. The molecule has 0 aliphatic carbocycles. The van der Waals surface area contributed by atoms with Crippen molar-refractivity contribution in [3.8, 4) is 5.75 Å². The summed E-state index contributed by atoms with van der Waals surface area (Å²) in [5, 5.41) is 14.9. The first-order valence-corrected chi connectivity index (χ1v) is 13.6. The quantitative estimate of drug-likeness (QED) is 0.311. The van der Waals surface area contributed by atoms with Crippen molar-refractivity contribution in [1.82, 2.24) is 20.1 Å². The van der Waals surface area contributed by atoms with E-state index in [1.54, 1.807) is 6.92 Å². The molecule has 0 aliphatic rings. The monoisotopic (exact) mass is 573 g/mol. The van der Waals surface area contributed by atoms with Crippen molar-refractivity contribution in [2.24, 2.45) is 0 Å². The molecule has 1 heterocycles. The molecule has 0 saturated carbocycles. The molecule has 192 valence electrons. The second-order valence-corrected chi connectivity index (χ2v) is 10.2. The topological polar surface area (TPSA) is 98.1 Å². The Morgan fingerprint density at radius 2 is 1.81 bits per heavy atom. The third-order valence-corrected chi connectivity index (χ3v) is 7.36. The molecule has 3 aromatic rings. The Hall–Kier alpha value is -2.85. The van der Waals surface area contributed by atoms with E-state index in [0.29, 0.717) is 23.3 Å². The van der Waals surface area contributed by atoms with Gasteiger partial charge in [-0.2, -0.15) is 0 Å². The fraction of sp³-hybridized carbons (Fsp3) is 0.385. The summed E-state index contributed by atoms with van der Waals surface area (Å²) in [4.78, 5) is 25.1. The largest absolute Gasteiger partial charge is 0.481 e. The van der Waals surface area contributed by atoms with E-state index in [1.807, 2.05) is 61.7 Å². The number of nitrogens with one attached hydrogen (secondary N) is 2. The van der Waals surface area contributed by atoms with Gasteiger partial charge in [-0.25, -0.2) is 0 Å². The molecule has 0 spiro atoms. The van der Waals surface area contributed by atoms with Crippen LogP contribution < -0.4 is 15.4 Å². The van der Waals surface area contributed by atoms with Gasteiger partial charge in [0.25, 0.3) is 5.91 Å². The normalized spacial score (nSPS) is 11.7. The zero-order valence-corrected chi connectivity index (χ0v) is 23.6. The van der Waals surface area contributed by atoms with Gasteiger partial charge in [-0.15, -0.1) is 10.2 Å². The molecule has 1 atom stereocenters. The van der Waals surface area contributed by atoms with Gasteiger partial charge >= 0.3 is 0 Å². The summed E-state index contributed by atoms with van der Waals surface area (Å²) in [6.45, 7) is 10.6. The van der Waals surface area contributed by atoms with Crippen LogP contribution in [0.25, 0.3) is 0 Å². The first-order valence-electron chi connectivity index (χ1n) is 11.9. The van der Waals surface area contributed by atoms with Crippen LogP contribution in [0.3, 0.4) is 0 Å². The molecule has 0 unspecified atom stereocenters. The van der Waals surface area contributed by atoms with Crippen molar-refractivity contribution >= 4 is 45.2 Å². The van der Waals surface area contributed by atoms with Crippen molar-refractivity contribution in [3.63, 3.8) is 0 Å². The maximum absolute atomic E-state index is 12.6. The number of benzene rings is 2. The van der Waals surface area contributed by atoms with Crippen LogP contribution >= 0.6 is 27.7 Å². The number of hydrogen-bond acceptors (Lipinski definition) is 6. The van der Waals surface area contributed by atoms with Gasteiger partial charge in [0.15, 0.2) is 17.1 Å². The second kappa shape index (κ2) is 12.9. The number of amides is 2. The van der Waals surface area contributed by atoms with E-state index in [1.165, 1.54) is 17.3 Å². The first kappa shape index (κ1) is 27.7. The predicted octanol–water partition coefficient (Wildman–Crippen LogP) is 5.05. The number of ether oxygens (including phenoxy) is 1. The van der Waals surface area contributed by atoms with Crippen LogP contribution in [0.1, 0.15) is 43.3 Å². The van der Waals surface area contributed by atoms with Gasteiger partial charge in [-0.05, 0) is 91.0 Å². The van der Waals surface area contributed by atoms with Crippen LogP contribution in [0, 0.1) is 13.8 Å². The highest BCUT2D eigenvalue weighted by molar-refractivity contribution is 9.10. The van der Waals surface area contributed by atoms with Crippen LogP contribution in [0.2, 0.25) is 0 Å². The number of hydrogen-bond donors (Lipinski definition) is 2. The Bertz CT molecular complexity index is 1210. The van der Waals surface area contributed by atoms with Gasteiger partial charge in [0.2, 0.25) is 5.91 Å². The van der Waals surface area contributed by atoms with E-state index in [2.05, 4.69) is 43.7 Å². The molecule has 3 rings (SSSR count). The maximum atomic E-state index is 12.6. The molecule has 8 nitrogen and oxygen atoms in total. The lowest BCUT2D eigenvalue weighted by atomic mass is 10.1. The third kappa shape index (κ3) is 7.33. The van der Waals surface area contributed by atoms with Gasteiger partial charge in [0, 0.05) is 11.0 Å². The number of halogens is 1. The van der Waals surface area contributed by atoms with Crippen molar-refractivity contribution in [2.45, 2.75) is 65.4 Å². The predicted molar refractivity (Wildman–Crippen MR) is 146 cm³/mol. The standard InChI is InChI=1S/C26H32BrN5O3S/c1-6-19-8-10-20(11-9-19)35-18(5)25(34)28-14-23-30-31-26(32(23)7-2)36-15-24(33)29-22-13-17(4)16(3)12-21(22)27/h8-13,18H,6-7,14-15H2,1-5H3,(H,28,34)(H,29,33)/t18-/m0/s1. The Morgan fingerprint density at radius 1 is 1.11 bits per heavy atom. The second-order valence-electron chi connectivity index (χ2n) is 8.37. The fourth-order valence-electron chi connectivity index (χ4n) is 3.44. The molecule has 2 amide bonds. The van der Waals surface area contributed by atoms with Crippen LogP contribution in [0.5, 0.6) is 5.75 Å². The lowest BCUT2D eigenvalue weighted by Crippen LogP contribution is -2.36. The zero-order valence-electron chi connectivity index (χ0n) is 21.2. The summed E-state index contributed by atoms with van der Waals surface area (Å²) >= 11 is 4.81. The minimum atomic E-state index is -0.655. The molecule has 0 saturated heterocycles. The highest BCUT2D eigenvalue weighted by atomic mass is 79.9. The van der Waals surface area contributed by atoms with E-state index in [-0.39, 0.29) is 24.1 Å². The molecule has 2 aromatic carbocycles. The van der Waals surface area contributed by atoms with Crippen LogP contribution in [-0.2, 0) is 29.1 Å². The molecule has 36 heavy (non-hydrogen) atoms. The molecule has 0 radical (unpaired) electrons. The number of nitrogens with zero attached hydrogens (tertiary/aromatic N) is 3. The summed E-state index contributed by atoms with van der Waals surface area (Å²) in [6.07, 6.45) is 0.293. The van der Waals surface area contributed by atoms with E-state index in [4.69, 9.17) is 4.74 Å². The Morgan fingerprint density at radius 3 is 2.47 bits per heavy atom. The Balaban J connectivity index is 1.53. The summed E-state index contributed by atoms with van der Waals surface area (Å²) in [7, 11) is 0. The fourth-order valence-corrected chi connectivity index (χ4v) is 4.82. The summed E-state index contributed by atoms with van der Waals surface area (Å²) in [5.74, 6) is 1.07. The average molecular weight is 575 g/mol. The first-order chi connectivity index (χ1) is 17.2. The van der Waals surface area contributed by atoms with Gasteiger partial charge in [0.1, 0.15) is 5.75 Å². The number of carbonyl (C=O) groups excluding carboxylic acids is 2. The maximum Gasteiger partial charge on any atom is 0.261 e. The molecule has 0 bridgehead atoms. The number of carbonyl (C=O) groups is 2.